The van der Waals surface area contributed by atoms with Crippen LogP contribution in [0, 0.1) is 11.3 Å². The first kappa shape index (κ1) is 13.4. The van der Waals surface area contributed by atoms with Gasteiger partial charge in [-0.25, -0.2) is 9.97 Å². The summed E-state index contributed by atoms with van der Waals surface area (Å²) in [5.41, 5.74) is 1.28. The monoisotopic (exact) mass is 365 g/mol. The lowest BCUT2D eigenvalue weighted by atomic mass is 10.1. The molecular formula is C12H5BrClN5S. The van der Waals surface area contributed by atoms with Crippen molar-refractivity contribution >= 4 is 49.1 Å². The predicted molar refractivity (Wildman–Crippen MR) is 79.6 cm³/mol. The molecule has 0 fully saturated rings. The van der Waals surface area contributed by atoms with E-state index in [4.69, 9.17) is 11.6 Å². The molecule has 3 rings (SSSR count). The quantitative estimate of drug-likeness (QED) is 0.693. The van der Waals surface area contributed by atoms with Crippen LogP contribution in [0.1, 0.15) is 16.6 Å². The molecule has 0 radical (unpaired) electrons. The summed E-state index contributed by atoms with van der Waals surface area (Å²) in [7, 11) is 0. The fourth-order valence-electron chi connectivity index (χ4n) is 1.73. The molecule has 0 aliphatic carbocycles. The molecular weight excluding hydrogens is 362 g/mol. The first-order chi connectivity index (χ1) is 9.69. The Morgan fingerprint density at radius 2 is 2.05 bits per heavy atom. The average Bonchev–Trinajstić information content (AvgIpc) is 2.87. The maximum absolute atomic E-state index is 9.44. The molecule has 0 aliphatic rings. The fraction of sp³-hybridized carbons (Fsp3) is 0.0833. The zero-order chi connectivity index (χ0) is 14.1. The number of halogens is 2. The van der Waals surface area contributed by atoms with E-state index in [1.165, 1.54) is 11.3 Å². The molecule has 0 aliphatic heterocycles. The number of fused-ring (bicyclic) bond motifs is 1. The van der Waals surface area contributed by atoms with Gasteiger partial charge in [-0.3, -0.25) is 0 Å². The number of hydrogen-bond acceptors (Lipinski definition) is 6. The van der Waals surface area contributed by atoms with Crippen molar-refractivity contribution in [3.8, 4) is 6.07 Å². The third-order valence-corrected chi connectivity index (χ3v) is 4.43. The topological polar surface area (TPSA) is 75.3 Å². The van der Waals surface area contributed by atoms with Crippen LogP contribution >= 0.6 is 38.9 Å². The van der Waals surface area contributed by atoms with Crippen LogP contribution in [0.5, 0.6) is 0 Å². The number of nitriles is 1. The summed E-state index contributed by atoms with van der Waals surface area (Å²) in [6.45, 7) is 0. The number of benzene rings is 1. The van der Waals surface area contributed by atoms with E-state index in [0.717, 1.165) is 10.2 Å². The number of hydrogen-bond donors (Lipinski definition) is 0. The lowest BCUT2D eigenvalue weighted by molar-refractivity contribution is 0.850. The van der Waals surface area contributed by atoms with Gasteiger partial charge in [-0.15, -0.1) is 21.5 Å². The predicted octanol–water partition coefficient (Wildman–Crippen LogP) is 3.55. The van der Waals surface area contributed by atoms with Gasteiger partial charge in [-0.05, 0) is 39.7 Å². The highest BCUT2D eigenvalue weighted by Gasteiger charge is 2.23. The van der Waals surface area contributed by atoms with Crippen LogP contribution in [0.25, 0.3) is 10.2 Å². The van der Waals surface area contributed by atoms with Gasteiger partial charge in [0.25, 0.3) is 0 Å². The second kappa shape index (κ2) is 5.40. The Hall–Kier alpha value is -1.62. The van der Waals surface area contributed by atoms with Gasteiger partial charge in [-0.2, -0.15) is 5.26 Å². The zero-order valence-electron chi connectivity index (χ0n) is 9.79. The van der Waals surface area contributed by atoms with Crippen molar-refractivity contribution in [3.05, 3.63) is 44.9 Å². The SMILES string of the molecule is N#CC(c1nc2ccccc2s1)c1nc(Cl)nnc1Br. The molecule has 1 aromatic carbocycles. The van der Waals surface area contributed by atoms with E-state index in [1.807, 2.05) is 24.3 Å². The van der Waals surface area contributed by atoms with Gasteiger partial charge in [0.05, 0.1) is 16.3 Å². The molecule has 0 N–H and O–H groups in total. The van der Waals surface area contributed by atoms with Crippen LogP contribution in [0.2, 0.25) is 5.28 Å². The maximum atomic E-state index is 9.44. The van der Waals surface area contributed by atoms with Crippen LogP contribution < -0.4 is 0 Å². The summed E-state index contributed by atoms with van der Waals surface area (Å²) in [5.74, 6) is -0.630. The Labute approximate surface area is 131 Å². The molecule has 0 saturated carbocycles. The fourth-order valence-corrected chi connectivity index (χ4v) is 3.28. The minimum absolute atomic E-state index is 0.00422. The molecule has 0 amide bonds. The summed E-state index contributed by atoms with van der Waals surface area (Å²) >= 11 is 10.4. The minimum atomic E-state index is -0.630. The van der Waals surface area contributed by atoms with Crippen molar-refractivity contribution in [1.82, 2.24) is 20.2 Å². The van der Waals surface area contributed by atoms with Gasteiger partial charge in [-0.1, -0.05) is 12.1 Å². The van der Waals surface area contributed by atoms with Crippen molar-refractivity contribution in [2.24, 2.45) is 0 Å². The Balaban J connectivity index is 2.14. The van der Waals surface area contributed by atoms with Gasteiger partial charge in [0.2, 0.25) is 5.28 Å². The Bertz CT molecular complexity index is 795. The highest BCUT2D eigenvalue weighted by Crippen LogP contribution is 2.33. The zero-order valence-corrected chi connectivity index (χ0v) is 12.9. The Kier molecular flexibility index (Phi) is 3.61. The van der Waals surface area contributed by atoms with E-state index < -0.39 is 5.92 Å². The molecule has 2 heterocycles. The third-order valence-electron chi connectivity index (χ3n) is 2.60. The average molecular weight is 367 g/mol. The van der Waals surface area contributed by atoms with Crippen molar-refractivity contribution in [1.29, 1.82) is 5.26 Å². The third kappa shape index (κ3) is 2.38. The molecule has 0 bridgehead atoms. The van der Waals surface area contributed by atoms with Crippen molar-refractivity contribution in [2.45, 2.75) is 5.92 Å². The largest absolute Gasteiger partial charge is 0.243 e. The van der Waals surface area contributed by atoms with Gasteiger partial charge >= 0.3 is 0 Å². The highest BCUT2D eigenvalue weighted by molar-refractivity contribution is 9.10. The molecule has 0 saturated heterocycles. The highest BCUT2D eigenvalue weighted by atomic mass is 79.9. The summed E-state index contributed by atoms with van der Waals surface area (Å²) < 4.78 is 1.42. The second-order valence-corrected chi connectivity index (χ2v) is 5.99. The van der Waals surface area contributed by atoms with E-state index in [0.29, 0.717) is 15.3 Å². The van der Waals surface area contributed by atoms with Gasteiger partial charge in [0, 0.05) is 0 Å². The number of para-hydroxylation sites is 1. The van der Waals surface area contributed by atoms with Crippen molar-refractivity contribution < 1.29 is 0 Å². The second-order valence-electron chi connectivity index (χ2n) is 3.84. The van der Waals surface area contributed by atoms with E-state index in [1.54, 1.807) is 0 Å². The first-order valence-corrected chi connectivity index (χ1v) is 7.48. The van der Waals surface area contributed by atoms with Crippen LogP contribution in [0.4, 0.5) is 0 Å². The van der Waals surface area contributed by atoms with Crippen LogP contribution in [0.15, 0.2) is 28.9 Å². The van der Waals surface area contributed by atoms with Gasteiger partial charge in [0.1, 0.15) is 16.6 Å². The molecule has 98 valence electrons. The summed E-state index contributed by atoms with van der Waals surface area (Å²) in [6.07, 6.45) is 0. The Morgan fingerprint density at radius 3 is 2.80 bits per heavy atom. The number of aromatic nitrogens is 4. The van der Waals surface area contributed by atoms with E-state index in [-0.39, 0.29) is 5.28 Å². The normalized spacial score (nSPS) is 12.2. The molecule has 2 aromatic heterocycles. The van der Waals surface area contributed by atoms with Crippen LogP contribution in [-0.2, 0) is 0 Å². The molecule has 1 unspecified atom stereocenters. The molecule has 1 atom stereocenters. The smallest absolute Gasteiger partial charge is 0.239 e. The Morgan fingerprint density at radius 1 is 1.25 bits per heavy atom. The number of nitrogens with zero attached hydrogens (tertiary/aromatic N) is 5. The lowest BCUT2D eigenvalue weighted by Crippen LogP contribution is -2.05. The van der Waals surface area contributed by atoms with Crippen molar-refractivity contribution in [3.63, 3.8) is 0 Å². The first-order valence-electron chi connectivity index (χ1n) is 5.49. The van der Waals surface area contributed by atoms with Gasteiger partial charge in [0.15, 0.2) is 4.60 Å². The van der Waals surface area contributed by atoms with E-state index in [2.05, 4.69) is 42.2 Å². The summed E-state index contributed by atoms with van der Waals surface area (Å²) in [6, 6.07) is 9.91. The van der Waals surface area contributed by atoms with Crippen LogP contribution in [0.3, 0.4) is 0 Å². The van der Waals surface area contributed by atoms with E-state index in [9.17, 15) is 5.26 Å². The lowest BCUT2D eigenvalue weighted by Gasteiger charge is -2.06. The number of thiazole rings is 1. The molecule has 20 heavy (non-hydrogen) atoms. The van der Waals surface area contributed by atoms with Gasteiger partial charge < -0.3 is 0 Å². The number of rotatable bonds is 2. The minimum Gasteiger partial charge on any atom is -0.239 e. The molecule has 3 aromatic rings. The maximum Gasteiger partial charge on any atom is 0.243 e. The van der Waals surface area contributed by atoms with Crippen LogP contribution in [-0.4, -0.2) is 20.2 Å². The molecule has 5 nitrogen and oxygen atoms in total. The molecule has 8 heteroatoms. The summed E-state index contributed by atoms with van der Waals surface area (Å²) in [5, 5.41) is 17.5. The summed E-state index contributed by atoms with van der Waals surface area (Å²) in [4.78, 5) is 8.55. The standard InChI is InChI=1S/C12H5BrClN5S/c13-10-9(17-12(14)19-18-10)6(5-15)11-16-7-3-1-2-4-8(7)20-11/h1-4,6H. The molecule has 0 spiro atoms. The van der Waals surface area contributed by atoms with E-state index >= 15 is 0 Å². The van der Waals surface area contributed by atoms with Crippen molar-refractivity contribution in [2.75, 3.05) is 0 Å².